The first-order valence-electron chi connectivity index (χ1n) is 7.14. The van der Waals surface area contributed by atoms with Crippen molar-refractivity contribution in [3.63, 3.8) is 0 Å². The maximum atomic E-state index is 13.6. The maximum absolute atomic E-state index is 13.6. The highest BCUT2D eigenvalue weighted by atomic mass is 32.2. The van der Waals surface area contributed by atoms with Crippen molar-refractivity contribution in [2.24, 2.45) is 13.0 Å². The molecule has 0 radical (unpaired) electrons. The molecule has 0 aliphatic carbocycles. The molecule has 118 valence electrons. The number of amides is 1. The van der Waals surface area contributed by atoms with Crippen molar-refractivity contribution in [1.82, 2.24) is 14.9 Å². The minimum atomic E-state index is -0.305. The third-order valence-electron chi connectivity index (χ3n) is 3.28. The Morgan fingerprint density at radius 3 is 2.73 bits per heavy atom. The molecule has 1 aromatic heterocycles. The van der Waals surface area contributed by atoms with E-state index in [0.717, 1.165) is 5.16 Å². The number of halogens is 1. The van der Waals surface area contributed by atoms with Crippen LogP contribution < -0.4 is 5.32 Å². The van der Waals surface area contributed by atoms with E-state index in [1.165, 1.54) is 17.8 Å². The summed E-state index contributed by atoms with van der Waals surface area (Å²) in [6.07, 6.45) is 3.55. The molecule has 0 saturated heterocycles. The molecule has 2 aromatic rings. The topological polar surface area (TPSA) is 46.9 Å². The van der Waals surface area contributed by atoms with Crippen molar-refractivity contribution in [3.05, 3.63) is 48.0 Å². The molecular weight excluding hydrogens is 301 g/mol. The van der Waals surface area contributed by atoms with Gasteiger partial charge in [-0.3, -0.25) is 4.79 Å². The Kier molecular flexibility index (Phi) is 5.60. The van der Waals surface area contributed by atoms with E-state index in [1.807, 2.05) is 31.7 Å². The lowest BCUT2D eigenvalue weighted by Gasteiger charge is -2.19. The summed E-state index contributed by atoms with van der Waals surface area (Å²) in [4.78, 5) is 16.7. The highest BCUT2D eigenvalue weighted by Crippen LogP contribution is 2.26. The molecule has 1 aromatic carbocycles. The van der Waals surface area contributed by atoms with Gasteiger partial charge in [0.25, 0.3) is 0 Å². The zero-order valence-electron chi connectivity index (χ0n) is 12.9. The fourth-order valence-corrected chi connectivity index (χ4v) is 3.03. The van der Waals surface area contributed by atoms with Crippen LogP contribution in [0.5, 0.6) is 0 Å². The molecule has 4 nitrogen and oxygen atoms in total. The molecule has 0 bridgehead atoms. The van der Waals surface area contributed by atoms with Gasteiger partial charge in [0.1, 0.15) is 5.82 Å². The number of carbonyl (C=O) groups excluding carboxylic acids is 1. The van der Waals surface area contributed by atoms with E-state index in [9.17, 15) is 9.18 Å². The summed E-state index contributed by atoms with van der Waals surface area (Å²) in [5.74, 6) is -0.269. The number of hydrogen-bond acceptors (Lipinski definition) is 3. The van der Waals surface area contributed by atoms with Crippen LogP contribution in [0.15, 0.2) is 41.8 Å². The van der Waals surface area contributed by atoms with E-state index in [0.29, 0.717) is 5.56 Å². The molecule has 22 heavy (non-hydrogen) atoms. The fraction of sp³-hybridized carbons (Fsp3) is 0.375. The molecule has 6 heteroatoms. The predicted molar refractivity (Wildman–Crippen MR) is 85.9 cm³/mol. The molecule has 0 aliphatic rings. The van der Waals surface area contributed by atoms with Crippen LogP contribution in [0.4, 0.5) is 4.39 Å². The van der Waals surface area contributed by atoms with Gasteiger partial charge in [-0.2, -0.15) is 0 Å². The van der Waals surface area contributed by atoms with Gasteiger partial charge >= 0.3 is 0 Å². The summed E-state index contributed by atoms with van der Waals surface area (Å²) in [5.41, 5.74) is 0.486. The molecule has 0 spiro atoms. The average molecular weight is 321 g/mol. The molecule has 0 saturated carbocycles. The lowest BCUT2D eigenvalue weighted by molar-refractivity contribution is -0.121. The molecule has 1 heterocycles. The standard InChI is InChI=1S/C16H20FN3OS/c1-11(2)14(22-16-18-8-9-20(16)3)15(21)19-10-12-6-4-5-7-13(12)17/h4-9,11,14H,10H2,1-3H3,(H,19,21). The maximum Gasteiger partial charge on any atom is 0.234 e. The summed E-state index contributed by atoms with van der Waals surface area (Å²) >= 11 is 1.42. The number of aryl methyl sites for hydroxylation is 1. The monoisotopic (exact) mass is 321 g/mol. The second-order valence-corrected chi connectivity index (χ2v) is 6.52. The zero-order chi connectivity index (χ0) is 16.1. The molecular formula is C16H20FN3OS. The van der Waals surface area contributed by atoms with E-state index in [1.54, 1.807) is 24.4 Å². The molecule has 0 fully saturated rings. The number of thioether (sulfide) groups is 1. The first-order valence-corrected chi connectivity index (χ1v) is 8.02. The van der Waals surface area contributed by atoms with Crippen LogP contribution in [0, 0.1) is 11.7 Å². The van der Waals surface area contributed by atoms with E-state index in [2.05, 4.69) is 10.3 Å². The highest BCUT2D eigenvalue weighted by Gasteiger charge is 2.25. The van der Waals surface area contributed by atoms with Crippen LogP contribution in [-0.2, 0) is 18.4 Å². The van der Waals surface area contributed by atoms with Crippen LogP contribution in [-0.4, -0.2) is 20.7 Å². The van der Waals surface area contributed by atoms with Gasteiger partial charge in [0.05, 0.1) is 5.25 Å². The van der Waals surface area contributed by atoms with Crippen molar-refractivity contribution in [2.45, 2.75) is 30.8 Å². The number of nitrogens with one attached hydrogen (secondary N) is 1. The van der Waals surface area contributed by atoms with E-state index >= 15 is 0 Å². The second-order valence-electron chi connectivity index (χ2n) is 5.41. The van der Waals surface area contributed by atoms with Gasteiger partial charge in [0.15, 0.2) is 5.16 Å². The Morgan fingerprint density at radius 1 is 1.41 bits per heavy atom. The molecule has 0 aliphatic heterocycles. The van der Waals surface area contributed by atoms with Crippen molar-refractivity contribution in [2.75, 3.05) is 0 Å². The summed E-state index contributed by atoms with van der Waals surface area (Å²) in [6.45, 7) is 4.17. The number of hydrogen-bond donors (Lipinski definition) is 1. The van der Waals surface area contributed by atoms with Gasteiger partial charge < -0.3 is 9.88 Å². The second kappa shape index (κ2) is 7.45. The lowest BCUT2D eigenvalue weighted by Crippen LogP contribution is -2.35. The SMILES string of the molecule is CC(C)C(Sc1nccn1C)C(=O)NCc1ccccc1F. The lowest BCUT2D eigenvalue weighted by atomic mass is 10.1. The first-order chi connectivity index (χ1) is 10.5. The van der Waals surface area contributed by atoms with E-state index < -0.39 is 0 Å². The van der Waals surface area contributed by atoms with Crippen LogP contribution in [0.1, 0.15) is 19.4 Å². The summed E-state index contributed by atoms with van der Waals surface area (Å²) in [5, 5.41) is 3.34. The van der Waals surface area contributed by atoms with Gasteiger partial charge in [0, 0.05) is 31.5 Å². The number of nitrogens with zero attached hydrogens (tertiary/aromatic N) is 2. The minimum Gasteiger partial charge on any atom is -0.351 e. The average Bonchev–Trinajstić information content (AvgIpc) is 2.88. The Labute approximate surface area is 134 Å². The normalized spacial score (nSPS) is 12.4. The van der Waals surface area contributed by atoms with Crippen molar-refractivity contribution in [3.8, 4) is 0 Å². The van der Waals surface area contributed by atoms with Crippen LogP contribution >= 0.6 is 11.8 Å². The third-order valence-corrected chi connectivity index (χ3v) is 4.90. The largest absolute Gasteiger partial charge is 0.351 e. The Morgan fingerprint density at radius 2 is 2.14 bits per heavy atom. The van der Waals surface area contributed by atoms with Crippen LogP contribution in [0.25, 0.3) is 0 Å². The highest BCUT2D eigenvalue weighted by molar-refractivity contribution is 8.00. The predicted octanol–water partition coefficient (Wildman–Crippen LogP) is 2.99. The number of carbonyl (C=O) groups is 1. The van der Waals surface area contributed by atoms with Gasteiger partial charge in [-0.25, -0.2) is 9.37 Å². The zero-order valence-corrected chi connectivity index (χ0v) is 13.7. The molecule has 2 rings (SSSR count). The molecule has 1 N–H and O–H groups in total. The van der Waals surface area contributed by atoms with E-state index in [4.69, 9.17) is 0 Å². The van der Waals surface area contributed by atoms with E-state index in [-0.39, 0.29) is 29.4 Å². The van der Waals surface area contributed by atoms with Gasteiger partial charge in [-0.15, -0.1) is 0 Å². The number of aromatic nitrogens is 2. The quantitative estimate of drug-likeness (QED) is 0.832. The Hall–Kier alpha value is -1.82. The fourth-order valence-electron chi connectivity index (χ4n) is 2.00. The number of imidazole rings is 1. The Bertz CT molecular complexity index is 642. The van der Waals surface area contributed by atoms with Gasteiger partial charge in [-0.1, -0.05) is 43.8 Å². The third kappa shape index (κ3) is 4.10. The molecule has 1 amide bonds. The summed E-state index contributed by atoms with van der Waals surface area (Å²) in [6, 6.07) is 6.46. The minimum absolute atomic E-state index is 0.105. The number of rotatable bonds is 6. The Balaban J connectivity index is 2.01. The molecule has 1 unspecified atom stereocenters. The van der Waals surface area contributed by atoms with Crippen LogP contribution in [0.3, 0.4) is 0 Å². The van der Waals surface area contributed by atoms with Gasteiger partial charge in [-0.05, 0) is 12.0 Å². The smallest absolute Gasteiger partial charge is 0.234 e. The van der Waals surface area contributed by atoms with Crippen molar-refractivity contribution >= 4 is 17.7 Å². The van der Waals surface area contributed by atoms with Crippen molar-refractivity contribution in [1.29, 1.82) is 0 Å². The summed E-state index contributed by atoms with van der Waals surface area (Å²) in [7, 11) is 1.89. The summed E-state index contributed by atoms with van der Waals surface area (Å²) < 4.78 is 15.5. The number of benzene rings is 1. The van der Waals surface area contributed by atoms with Gasteiger partial charge in [0.2, 0.25) is 5.91 Å². The van der Waals surface area contributed by atoms with Crippen molar-refractivity contribution < 1.29 is 9.18 Å². The van der Waals surface area contributed by atoms with Crippen LogP contribution in [0.2, 0.25) is 0 Å². The first kappa shape index (κ1) is 16.5. The molecule has 1 atom stereocenters.